The molecule has 0 unspecified atom stereocenters. The molecule has 0 amide bonds. The van der Waals surface area contributed by atoms with Crippen molar-refractivity contribution in [2.24, 2.45) is 0 Å². The van der Waals surface area contributed by atoms with E-state index in [1.54, 1.807) is 0 Å². The first-order valence-corrected chi connectivity index (χ1v) is 3.60. The molecule has 0 aliphatic carbocycles. The van der Waals surface area contributed by atoms with Crippen LogP contribution in [0.5, 0.6) is 0 Å². The second kappa shape index (κ2) is 4.02. The molecule has 0 aromatic rings. The molecule has 0 saturated carbocycles. The zero-order valence-corrected chi connectivity index (χ0v) is 7.33. The summed E-state index contributed by atoms with van der Waals surface area (Å²) in [6.45, 7) is -2.74. The predicted molar refractivity (Wildman–Crippen MR) is 36.2 cm³/mol. The molecule has 96 valence electrons. The van der Waals surface area contributed by atoms with Crippen LogP contribution in [0, 0.1) is 0 Å². The normalized spacial score (nSPS) is 15.1. The van der Waals surface area contributed by atoms with E-state index in [-0.39, 0.29) is 0 Å². The Hall–Kier alpha value is -0.575. The third-order valence-electron chi connectivity index (χ3n) is 1.71. The molecule has 0 rings (SSSR count). The maximum Gasteiger partial charge on any atom is 0.379 e. The number of aliphatic hydroxyl groups is 1. The number of rotatable bonds is 5. The van der Waals surface area contributed by atoms with Gasteiger partial charge in [-0.1, -0.05) is 0 Å². The van der Waals surface area contributed by atoms with Crippen LogP contribution in [0.15, 0.2) is 0 Å². The minimum atomic E-state index is -6.50. The molecule has 0 bridgehead atoms. The highest BCUT2D eigenvalue weighted by Crippen LogP contribution is 2.51. The van der Waals surface area contributed by atoms with Crippen LogP contribution in [0.4, 0.5) is 35.1 Å². The quantitative estimate of drug-likeness (QED) is 0.567. The third kappa shape index (κ3) is 1.97. The van der Waals surface area contributed by atoms with Gasteiger partial charge in [0.15, 0.2) is 0 Å². The Morgan fingerprint density at radius 3 is 1.44 bits per heavy atom. The van der Waals surface area contributed by atoms with Crippen molar-refractivity contribution in [3.63, 3.8) is 0 Å². The van der Waals surface area contributed by atoms with Crippen molar-refractivity contribution in [1.29, 1.82) is 0 Å². The van der Waals surface area contributed by atoms with Crippen LogP contribution in [-0.4, -0.2) is 47.8 Å². The lowest BCUT2D eigenvalue weighted by Crippen LogP contribution is -2.64. The summed E-state index contributed by atoms with van der Waals surface area (Å²) in [5.41, 5.74) is 0. The van der Waals surface area contributed by atoms with Gasteiger partial charge in [0.2, 0.25) is 0 Å². The van der Waals surface area contributed by atoms with Gasteiger partial charge in [0.05, 0.1) is 0 Å². The van der Waals surface area contributed by atoms with E-state index in [1.807, 2.05) is 0 Å². The number of alkyl halides is 8. The van der Waals surface area contributed by atoms with E-state index < -0.39 is 37.7 Å². The molecule has 0 aliphatic rings. The maximum absolute atomic E-state index is 12.4. The maximum atomic E-state index is 12.4. The van der Waals surface area contributed by atoms with Crippen LogP contribution in [0.3, 0.4) is 0 Å². The van der Waals surface area contributed by atoms with Crippen molar-refractivity contribution in [2.75, 3.05) is 6.61 Å². The molecule has 0 atom stereocenters. The second-order valence-electron chi connectivity index (χ2n) is 2.87. The molecule has 0 saturated heterocycles. The Morgan fingerprint density at radius 2 is 1.19 bits per heavy atom. The Balaban J connectivity index is 5.46. The summed E-state index contributed by atoms with van der Waals surface area (Å²) in [4.78, 5) is 0. The number of aliphatic hydroxyl groups excluding tert-OH is 1. The lowest BCUT2D eigenvalue weighted by Gasteiger charge is -2.35. The van der Waals surface area contributed by atoms with Gasteiger partial charge < -0.3 is 10.1 Å². The van der Waals surface area contributed by atoms with Gasteiger partial charge in [-0.15, -0.1) is 0 Å². The van der Waals surface area contributed by atoms with E-state index in [9.17, 15) is 35.1 Å². The first-order chi connectivity index (χ1) is 6.87. The smallest absolute Gasteiger partial charge is 0.379 e. The van der Waals surface area contributed by atoms with Gasteiger partial charge in [-0.25, -0.2) is 8.78 Å². The average molecular weight is 260 g/mol. The molecule has 0 aromatic carbocycles. The SMILES string of the molecule is OBC(F)(F)C(F)(F)C(F)(F)C(F)(F)CO. The number of halogens is 8. The Bertz CT molecular complexity index is 229. The first kappa shape index (κ1) is 15.4. The molecule has 16 heavy (non-hydrogen) atoms. The highest BCUT2D eigenvalue weighted by atomic mass is 19.4. The van der Waals surface area contributed by atoms with Gasteiger partial charge in [-0.05, 0) is 0 Å². The molecule has 0 radical (unpaired) electrons. The van der Waals surface area contributed by atoms with Crippen molar-refractivity contribution < 1.29 is 45.3 Å². The molecular formula is C5H5BF8O2. The number of hydrogen-bond donors (Lipinski definition) is 2. The highest BCUT2D eigenvalue weighted by Gasteiger charge is 2.80. The predicted octanol–water partition coefficient (Wildman–Crippen LogP) is 0.821. The van der Waals surface area contributed by atoms with Crippen LogP contribution in [0.1, 0.15) is 0 Å². The van der Waals surface area contributed by atoms with Crippen LogP contribution in [0.2, 0.25) is 0 Å². The van der Waals surface area contributed by atoms with E-state index in [1.165, 1.54) is 0 Å². The summed E-state index contributed by atoms with van der Waals surface area (Å²) in [5.74, 6) is -24.5. The third-order valence-corrected chi connectivity index (χ3v) is 1.71. The van der Waals surface area contributed by atoms with Crippen molar-refractivity contribution in [2.45, 2.75) is 23.6 Å². The largest absolute Gasteiger partial charge is 0.448 e. The van der Waals surface area contributed by atoms with Crippen LogP contribution < -0.4 is 0 Å². The Labute approximate surface area is 84.1 Å². The molecule has 2 N–H and O–H groups in total. The summed E-state index contributed by atoms with van der Waals surface area (Å²) in [6, 6.07) is 0. The topological polar surface area (TPSA) is 40.5 Å². The molecule has 2 nitrogen and oxygen atoms in total. The highest BCUT2D eigenvalue weighted by molar-refractivity contribution is 6.29. The van der Waals surface area contributed by atoms with Crippen LogP contribution >= 0.6 is 0 Å². The zero-order chi connectivity index (χ0) is 13.4. The average Bonchev–Trinajstić information content (AvgIpc) is 2.16. The standard InChI is InChI=1S/C5H5BF8O2/c7-2(8,1-15)3(9,10)4(11,12)5(13,14)6-16/h6,15-16H,1H2. The van der Waals surface area contributed by atoms with Gasteiger partial charge >= 0.3 is 31.1 Å². The van der Waals surface area contributed by atoms with E-state index in [2.05, 4.69) is 0 Å². The lowest BCUT2D eigenvalue weighted by atomic mass is 9.80. The first-order valence-electron chi connectivity index (χ1n) is 3.60. The van der Waals surface area contributed by atoms with E-state index >= 15 is 0 Å². The van der Waals surface area contributed by atoms with Gasteiger partial charge in [0.1, 0.15) is 6.61 Å². The zero-order valence-electron chi connectivity index (χ0n) is 7.33. The monoisotopic (exact) mass is 260 g/mol. The molecular weight excluding hydrogens is 255 g/mol. The Morgan fingerprint density at radius 1 is 0.812 bits per heavy atom. The molecule has 0 aromatic heterocycles. The van der Waals surface area contributed by atoms with E-state index in [0.29, 0.717) is 0 Å². The summed E-state index contributed by atoms with van der Waals surface area (Å²) in [6.07, 6.45) is 0. The van der Waals surface area contributed by atoms with Gasteiger partial charge in [-0.3, -0.25) is 0 Å². The summed E-state index contributed by atoms with van der Waals surface area (Å²) in [5, 5.41) is 15.5. The minimum absolute atomic E-state index is 2.74. The minimum Gasteiger partial charge on any atom is -0.448 e. The van der Waals surface area contributed by atoms with Crippen LogP contribution in [-0.2, 0) is 0 Å². The van der Waals surface area contributed by atoms with Crippen molar-refractivity contribution in [3.05, 3.63) is 0 Å². The fourth-order valence-corrected chi connectivity index (χ4v) is 0.658. The van der Waals surface area contributed by atoms with Crippen LogP contribution in [0.25, 0.3) is 0 Å². The van der Waals surface area contributed by atoms with E-state index in [4.69, 9.17) is 10.1 Å². The second-order valence-corrected chi connectivity index (χ2v) is 2.87. The van der Waals surface area contributed by atoms with Gasteiger partial charge in [0, 0.05) is 0 Å². The molecule has 0 aliphatic heterocycles. The molecule has 0 spiro atoms. The Kier molecular flexibility index (Phi) is 3.88. The molecule has 0 fully saturated rings. The molecule has 0 heterocycles. The van der Waals surface area contributed by atoms with Gasteiger partial charge in [0.25, 0.3) is 0 Å². The van der Waals surface area contributed by atoms with E-state index in [0.717, 1.165) is 0 Å². The van der Waals surface area contributed by atoms with Crippen molar-refractivity contribution in [1.82, 2.24) is 0 Å². The summed E-state index contributed by atoms with van der Waals surface area (Å²) in [7, 11) is -2.74. The van der Waals surface area contributed by atoms with Crippen molar-refractivity contribution in [3.8, 4) is 0 Å². The lowest BCUT2D eigenvalue weighted by molar-refractivity contribution is -0.354. The fourth-order valence-electron chi connectivity index (χ4n) is 0.658. The molecule has 11 heteroatoms. The summed E-state index contributed by atoms with van der Waals surface area (Å²) < 4.78 is 98.4. The number of hydrogen-bond acceptors (Lipinski definition) is 2. The fraction of sp³-hybridized carbons (Fsp3) is 1.00. The van der Waals surface area contributed by atoms with Crippen molar-refractivity contribution >= 4 is 7.48 Å². The summed E-state index contributed by atoms with van der Waals surface area (Å²) >= 11 is 0. The van der Waals surface area contributed by atoms with Gasteiger partial charge in [-0.2, -0.15) is 26.3 Å².